The highest BCUT2D eigenvalue weighted by Crippen LogP contribution is 2.23. The van der Waals surface area contributed by atoms with Crippen molar-refractivity contribution in [3.05, 3.63) is 54.4 Å². The zero-order valence-electron chi connectivity index (χ0n) is 20.5. The molecule has 5 rings (SSSR count). The lowest BCUT2D eigenvalue weighted by Crippen LogP contribution is -2.41. The van der Waals surface area contributed by atoms with Crippen LogP contribution in [-0.4, -0.2) is 86.9 Å². The minimum atomic E-state index is -1.05. The summed E-state index contributed by atoms with van der Waals surface area (Å²) in [6.07, 6.45) is 5.49. The summed E-state index contributed by atoms with van der Waals surface area (Å²) in [5.74, 6) is -0.338. The van der Waals surface area contributed by atoms with Gasteiger partial charge in [0.2, 0.25) is 5.95 Å². The number of amides is 1. The fraction of sp³-hybridized carbons (Fsp3) is 0.400. The first-order chi connectivity index (χ1) is 17.8. The minimum Gasteiger partial charge on any atom is -0.370 e. The summed E-state index contributed by atoms with van der Waals surface area (Å²) in [4.78, 5) is 24.4. The molecule has 1 saturated heterocycles. The Morgan fingerprint density at radius 2 is 2.03 bits per heavy atom. The van der Waals surface area contributed by atoms with Crippen LogP contribution in [-0.2, 0) is 22.6 Å². The van der Waals surface area contributed by atoms with E-state index >= 15 is 0 Å². The largest absolute Gasteiger partial charge is 0.370 e. The summed E-state index contributed by atoms with van der Waals surface area (Å²) in [5.41, 5.74) is 2.28. The Kier molecular flexibility index (Phi) is 8.27. The quantitative estimate of drug-likeness (QED) is 0.354. The van der Waals surface area contributed by atoms with Crippen LogP contribution >= 0.6 is 0 Å². The van der Waals surface area contributed by atoms with Crippen LogP contribution in [0.15, 0.2) is 43.0 Å². The molecule has 1 unspecified atom stereocenters. The zero-order chi connectivity index (χ0) is 25.9. The molecule has 0 radical (unpaired) electrons. The lowest BCUT2D eigenvalue weighted by Gasteiger charge is -2.27. The number of anilines is 3. The number of nitrogens with one attached hydrogen (secondary N) is 1. The van der Waals surface area contributed by atoms with Gasteiger partial charge in [-0.2, -0.15) is 15.2 Å². The van der Waals surface area contributed by atoms with E-state index in [1.165, 1.54) is 21.7 Å². The van der Waals surface area contributed by atoms with Gasteiger partial charge in [0.15, 0.2) is 5.65 Å². The van der Waals surface area contributed by atoms with E-state index in [4.69, 9.17) is 4.74 Å². The summed E-state index contributed by atoms with van der Waals surface area (Å²) >= 11 is 0. The van der Waals surface area contributed by atoms with Crippen LogP contribution in [0.5, 0.6) is 0 Å². The number of alkyl halides is 1. The Bertz CT molecular complexity index is 1400. The van der Waals surface area contributed by atoms with Gasteiger partial charge in [0, 0.05) is 31.2 Å². The smallest absolute Gasteiger partial charge is 0.253 e. The number of hydrogen-bond acceptors (Lipinski definition) is 8. The zero-order valence-corrected chi connectivity index (χ0v) is 20.5. The molecule has 0 aliphatic carbocycles. The number of morpholine rings is 1. The molecule has 4 heterocycles. The van der Waals surface area contributed by atoms with Crippen molar-refractivity contribution >= 4 is 34.3 Å². The van der Waals surface area contributed by atoms with Crippen molar-refractivity contribution in [2.24, 2.45) is 0 Å². The molecular formula is C25H31F2N9O2. The Morgan fingerprint density at radius 3 is 2.82 bits per heavy atom. The first-order valence-electron chi connectivity index (χ1n) is 11.8. The monoisotopic (exact) mass is 527 g/mol. The van der Waals surface area contributed by atoms with E-state index < -0.39 is 12.0 Å². The summed E-state index contributed by atoms with van der Waals surface area (Å²) in [5, 5.41) is 12.4. The molecule has 1 aliphatic rings. The SMILES string of the molecule is C.CN(C)CC(F)Cn1cc(Nc2ncc3cnn(Cc4cc(F)cc(N5CCOCC5=O)c4)c3n2)cn1. The van der Waals surface area contributed by atoms with Gasteiger partial charge in [0.05, 0.1) is 43.2 Å². The van der Waals surface area contributed by atoms with Crippen molar-refractivity contribution < 1.29 is 18.3 Å². The van der Waals surface area contributed by atoms with Crippen LogP contribution in [0.2, 0.25) is 0 Å². The van der Waals surface area contributed by atoms with E-state index in [1.807, 2.05) is 14.1 Å². The van der Waals surface area contributed by atoms with Gasteiger partial charge in [0.1, 0.15) is 18.6 Å². The molecule has 1 N–H and O–H groups in total. The number of nitrogens with zero attached hydrogens (tertiary/aromatic N) is 8. The van der Waals surface area contributed by atoms with Gasteiger partial charge in [0.25, 0.3) is 5.91 Å². The third kappa shape index (κ3) is 6.29. The van der Waals surface area contributed by atoms with Crippen LogP contribution in [0.1, 0.15) is 13.0 Å². The van der Waals surface area contributed by atoms with Crippen molar-refractivity contribution in [1.82, 2.24) is 34.4 Å². The van der Waals surface area contributed by atoms with E-state index in [2.05, 4.69) is 25.5 Å². The molecule has 0 spiro atoms. The Balaban J connectivity index is 0.00000336. The number of hydrogen-bond donors (Lipinski definition) is 1. The van der Waals surface area contributed by atoms with Crippen LogP contribution in [0.4, 0.5) is 26.1 Å². The number of rotatable bonds is 9. The average molecular weight is 528 g/mol. The van der Waals surface area contributed by atoms with Gasteiger partial charge < -0.3 is 19.9 Å². The number of carbonyl (C=O) groups is 1. The van der Waals surface area contributed by atoms with Gasteiger partial charge in [-0.3, -0.25) is 9.48 Å². The summed E-state index contributed by atoms with van der Waals surface area (Å²) in [6.45, 7) is 1.43. The molecule has 1 aliphatic heterocycles. The molecule has 11 nitrogen and oxygen atoms in total. The average Bonchev–Trinajstić information content (AvgIpc) is 3.45. The van der Waals surface area contributed by atoms with Gasteiger partial charge in [-0.05, 0) is 37.9 Å². The molecule has 0 saturated carbocycles. The highest BCUT2D eigenvalue weighted by Gasteiger charge is 2.21. The van der Waals surface area contributed by atoms with Crippen molar-refractivity contribution in [3.8, 4) is 0 Å². The molecule has 1 atom stereocenters. The van der Waals surface area contributed by atoms with E-state index in [0.717, 1.165) is 0 Å². The third-order valence-electron chi connectivity index (χ3n) is 5.79. The van der Waals surface area contributed by atoms with Crippen LogP contribution in [0, 0.1) is 5.82 Å². The number of ether oxygens (including phenoxy) is 1. The van der Waals surface area contributed by atoms with Crippen LogP contribution < -0.4 is 10.2 Å². The van der Waals surface area contributed by atoms with Gasteiger partial charge >= 0.3 is 0 Å². The molecule has 1 fully saturated rings. The predicted octanol–water partition coefficient (Wildman–Crippen LogP) is 2.85. The Hall–Kier alpha value is -3.97. The van der Waals surface area contributed by atoms with Crippen molar-refractivity contribution in [1.29, 1.82) is 0 Å². The fourth-order valence-corrected chi connectivity index (χ4v) is 4.20. The topological polar surface area (TPSA) is 106 Å². The maximum absolute atomic E-state index is 14.4. The Labute approximate surface area is 219 Å². The van der Waals surface area contributed by atoms with Gasteiger partial charge in [-0.25, -0.2) is 18.4 Å². The predicted molar refractivity (Wildman–Crippen MR) is 140 cm³/mol. The van der Waals surface area contributed by atoms with Gasteiger partial charge in [-0.1, -0.05) is 7.43 Å². The fourth-order valence-electron chi connectivity index (χ4n) is 4.20. The number of carbonyl (C=O) groups excluding carboxylic acids is 1. The first kappa shape index (κ1) is 27.1. The second kappa shape index (κ2) is 11.6. The van der Waals surface area contributed by atoms with Crippen LogP contribution in [0.3, 0.4) is 0 Å². The molecule has 1 aromatic carbocycles. The molecule has 0 bridgehead atoms. The third-order valence-corrected chi connectivity index (χ3v) is 5.79. The molecule has 38 heavy (non-hydrogen) atoms. The van der Waals surface area contributed by atoms with Crippen molar-refractivity contribution in [3.63, 3.8) is 0 Å². The summed E-state index contributed by atoms with van der Waals surface area (Å²) in [6, 6.07) is 4.51. The maximum Gasteiger partial charge on any atom is 0.253 e. The van der Waals surface area contributed by atoms with Crippen LogP contribution in [0.25, 0.3) is 11.0 Å². The standard InChI is InChI=1S/C24H27F2N9O2.CH4/c1-32(2)12-19(26)13-33-14-20(10-28-33)30-24-27-8-17-9-29-35(23(17)31-24)11-16-5-18(25)7-21(6-16)34-3-4-37-15-22(34)36;/h5-10,14,19H,3-4,11-13,15H2,1-2H3,(H,27,30,31);1H4. The number of fused-ring (bicyclic) bond motifs is 1. The van der Waals surface area contributed by atoms with E-state index in [-0.39, 0.29) is 33.0 Å². The Morgan fingerprint density at radius 1 is 1.18 bits per heavy atom. The van der Waals surface area contributed by atoms with E-state index in [1.54, 1.807) is 40.4 Å². The molecule has 1 amide bonds. The second-order valence-corrected chi connectivity index (χ2v) is 9.13. The highest BCUT2D eigenvalue weighted by molar-refractivity contribution is 5.94. The molecule has 4 aromatic rings. The summed E-state index contributed by atoms with van der Waals surface area (Å²) < 4.78 is 36.9. The first-order valence-corrected chi connectivity index (χ1v) is 11.8. The summed E-state index contributed by atoms with van der Waals surface area (Å²) in [7, 11) is 3.64. The maximum atomic E-state index is 14.4. The molecule has 13 heteroatoms. The lowest BCUT2D eigenvalue weighted by molar-refractivity contribution is -0.125. The second-order valence-electron chi connectivity index (χ2n) is 9.13. The minimum absolute atomic E-state index is 0. The number of halogens is 2. The molecular weight excluding hydrogens is 496 g/mol. The van der Waals surface area contributed by atoms with Crippen molar-refractivity contribution in [2.75, 3.05) is 50.6 Å². The normalized spacial score (nSPS) is 14.7. The number of benzene rings is 1. The molecule has 3 aromatic heterocycles. The molecule has 202 valence electrons. The number of aromatic nitrogens is 6. The highest BCUT2D eigenvalue weighted by atomic mass is 19.1. The van der Waals surface area contributed by atoms with E-state index in [9.17, 15) is 13.6 Å². The van der Waals surface area contributed by atoms with Crippen molar-refractivity contribution in [2.45, 2.75) is 26.7 Å². The lowest BCUT2D eigenvalue weighted by atomic mass is 10.1. The van der Waals surface area contributed by atoms with E-state index in [0.29, 0.717) is 53.6 Å². The van der Waals surface area contributed by atoms with Gasteiger partial charge in [-0.15, -0.1) is 0 Å².